The molecule has 162 valence electrons. The number of thioether (sulfide) groups is 1. The number of hydrogen-bond donors (Lipinski definition) is 1. The molecule has 0 radical (unpaired) electrons. The highest BCUT2D eigenvalue weighted by Crippen LogP contribution is 2.42. The first-order valence-electron chi connectivity index (χ1n) is 11.3. The summed E-state index contributed by atoms with van der Waals surface area (Å²) >= 11 is 9.67. The lowest BCUT2D eigenvalue weighted by Crippen LogP contribution is -2.18. The molecule has 0 fully saturated rings. The third-order valence-electron chi connectivity index (χ3n) is 6.47. The molecule has 1 unspecified atom stereocenters. The minimum atomic E-state index is 0.312. The molecular weight excluding hydrogens is 454 g/mol. The second-order valence-corrected chi connectivity index (χ2v) is 11.1. The average Bonchev–Trinajstić information content (AvgIpc) is 3.40. The van der Waals surface area contributed by atoms with Crippen LogP contribution in [0, 0.1) is 0 Å². The van der Waals surface area contributed by atoms with Crippen LogP contribution in [-0.4, -0.2) is 9.97 Å². The SMILES string of the molecule is Clc1ccc(SCc2nc(NC3CCCc4ccccc43)c3c4c(sc3n2)CCC4)cc1. The van der Waals surface area contributed by atoms with Gasteiger partial charge in [-0.2, -0.15) is 0 Å². The number of benzene rings is 2. The van der Waals surface area contributed by atoms with E-state index in [1.54, 1.807) is 11.8 Å². The zero-order valence-electron chi connectivity index (χ0n) is 17.7. The fourth-order valence-corrected chi connectivity index (χ4v) is 7.12. The molecular formula is C26H24ClN3S2. The summed E-state index contributed by atoms with van der Waals surface area (Å²) in [5, 5.41) is 5.90. The Morgan fingerprint density at radius 2 is 1.88 bits per heavy atom. The topological polar surface area (TPSA) is 37.8 Å². The van der Waals surface area contributed by atoms with Crippen LogP contribution in [0.4, 0.5) is 5.82 Å². The molecule has 3 nitrogen and oxygen atoms in total. The van der Waals surface area contributed by atoms with Crippen molar-refractivity contribution in [2.45, 2.75) is 55.2 Å². The van der Waals surface area contributed by atoms with Gasteiger partial charge in [-0.05, 0) is 79.5 Å². The van der Waals surface area contributed by atoms with Crippen LogP contribution in [0.3, 0.4) is 0 Å². The van der Waals surface area contributed by atoms with Gasteiger partial charge in [0, 0.05) is 14.8 Å². The van der Waals surface area contributed by atoms with E-state index >= 15 is 0 Å². The summed E-state index contributed by atoms with van der Waals surface area (Å²) in [7, 11) is 0. The Bertz CT molecular complexity index is 1280. The minimum absolute atomic E-state index is 0.312. The molecule has 0 saturated heterocycles. The largest absolute Gasteiger partial charge is 0.363 e. The van der Waals surface area contributed by atoms with Crippen LogP contribution in [-0.2, 0) is 25.0 Å². The number of aryl methyl sites for hydroxylation is 3. The fraction of sp³-hybridized carbons (Fsp3) is 0.308. The van der Waals surface area contributed by atoms with E-state index in [2.05, 4.69) is 41.7 Å². The van der Waals surface area contributed by atoms with Crippen LogP contribution in [0.15, 0.2) is 53.4 Å². The van der Waals surface area contributed by atoms with Crippen LogP contribution in [0.25, 0.3) is 10.2 Å². The Morgan fingerprint density at radius 3 is 2.78 bits per heavy atom. The zero-order chi connectivity index (χ0) is 21.5. The first-order valence-corrected chi connectivity index (χ1v) is 13.5. The maximum Gasteiger partial charge on any atom is 0.142 e. The van der Waals surface area contributed by atoms with Crippen molar-refractivity contribution in [2.75, 3.05) is 5.32 Å². The lowest BCUT2D eigenvalue weighted by atomic mass is 9.87. The van der Waals surface area contributed by atoms with Gasteiger partial charge in [-0.25, -0.2) is 9.97 Å². The molecule has 2 heterocycles. The van der Waals surface area contributed by atoms with Crippen molar-refractivity contribution >= 4 is 50.7 Å². The van der Waals surface area contributed by atoms with Crippen molar-refractivity contribution in [3.05, 3.63) is 80.9 Å². The van der Waals surface area contributed by atoms with Gasteiger partial charge in [-0.3, -0.25) is 0 Å². The van der Waals surface area contributed by atoms with Gasteiger partial charge < -0.3 is 5.32 Å². The predicted molar refractivity (Wildman–Crippen MR) is 136 cm³/mol. The molecule has 0 spiro atoms. The maximum absolute atomic E-state index is 6.04. The summed E-state index contributed by atoms with van der Waals surface area (Å²) in [5.74, 6) is 2.67. The van der Waals surface area contributed by atoms with E-state index < -0.39 is 0 Å². The number of hydrogen-bond acceptors (Lipinski definition) is 5. The third kappa shape index (κ3) is 3.91. The summed E-state index contributed by atoms with van der Waals surface area (Å²) in [6.45, 7) is 0. The molecule has 1 N–H and O–H groups in total. The summed E-state index contributed by atoms with van der Waals surface area (Å²) in [5.41, 5.74) is 4.37. The number of fused-ring (bicyclic) bond motifs is 4. The number of halogens is 1. The molecule has 1 atom stereocenters. The molecule has 0 bridgehead atoms. The minimum Gasteiger partial charge on any atom is -0.363 e. The Kier molecular flexibility index (Phi) is 5.58. The zero-order valence-corrected chi connectivity index (χ0v) is 20.1. The van der Waals surface area contributed by atoms with Crippen molar-refractivity contribution in [1.82, 2.24) is 9.97 Å². The molecule has 0 aliphatic heterocycles. The van der Waals surface area contributed by atoms with Crippen LogP contribution < -0.4 is 5.32 Å². The molecule has 6 heteroatoms. The number of aromatic nitrogens is 2. The fourth-order valence-electron chi connectivity index (χ4n) is 4.96. The highest BCUT2D eigenvalue weighted by molar-refractivity contribution is 7.98. The van der Waals surface area contributed by atoms with E-state index in [4.69, 9.17) is 21.6 Å². The normalized spacial score (nSPS) is 17.3. The van der Waals surface area contributed by atoms with E-state index in [1.807, 2.05) is 23.5 Å². The van der Waals surface area contributed by atoms with Crippen LogP contribution >= 0.6 is 34.7 Å². The molecule has 2 aliphatic rings. The monoisotopic (exact) mass is 477 g/mol. The van der Waals surface area contributed by atoms with Crippen molar-refractivity contribution in [1.29, 1.82) is 0 Å². The van der Waals surface area contributed by atoms with E-state index in [1.165, 1.54) is 57.5 Å². The smallest absolute Gasteiger partial charge is 0.142 e. The van der Waals surface area contributed by atoms with Gasteiger partial charge in [0.2, 0.25) is 0 Å². The van der Waals surface area contributed by atoms with E-state index in [9.17, 15) is 0 Å². The van der Waals surface area contributed by atoms with Crippen LogP contribution in [0.2, 0.25) is 5.02 Å². The number of rotatable bonds is 5. The lowest BCUT2D eigenvalue weighted by Gasteiger charge is -2.27. The van der Waals surface area contributed by atoms with Crippen molar-refractivity contribution in [3.63, 3.8) is 0 Å². The quantitative estimate of drug-likeness (QED) is 0.300. The number of nitrogens with one attached hydrogen (secondary N) is 1. The molecule has 4 aromatic rings. The van der Waals surface area contributed by atoms with Crippen molar-refractivity contribution in [3.8, 4) is 0 Å². The summed E-state index contributed by atoms with van der Waals surface area (Å²) in [4.78, 5) is 13.9. The van der Waals surface area contributed by atoms with Crippen LogP contribution in [0.1, 0.15) is 52.7 Å². The molecule has 0 saturated carbocycles. The van der Waals surface area contributed by atoms with Gasteiger partial charge >= 0.3 is 0 Å². The second kappa shape index (κ2) is 8.69. The second-order valence-electron chi connectivity index (χ2n) is 8.56. The van der Waals surface area contributed by atoms with Crippen LogP contribution in [0.5, 0.6) is 0 Å². The Morgan fingerprint density at radius 1 is 1.00 bits per heavy atom. The Labute approximate surface area is 201 Å². The van der Waals surface area contributed by atoms with E-state index in [-0.39, 0.29) is 0 Å². The van der Waals surface area contributed by atoms with Gasteiger partial charge in [-0.15, -0.1) is 23.1 Å². The number of nitrogens with zero attached hydrogens (tertiary/aromatic N) is 2. The molecule has 6 rings (SSSR count). The molecule has 2 aromatic heterocycles. The average molecular weight is 478 g/mol. The van der Waals surface area contributed by atoms with Gasteiger partial charge in [0.25, 0.3) is 0 Å². The number of anilines is 1. The van der Waals surface area contributed by atoms with Gasteiger partial charge in [0.15, 0.2) is 0 Å². The number of thiophene rings is 1. The van der Waals surface area contributed by atoms with Crippen molar-refractivity contribution < 1.29 is 0 Å². The summed E-state index contributed by atoms with van der Waals surface area (Å²) in [6, 6.07) is 17.2. The predicted octanol–water partition coefficient (Wildman–Crippen LogP) is 7.62. The Balaban J connectivity index is 1.36. The first-order chi connectivity index (χ1) is 15.7. The van der Waals surface area contributed by atoms with Gasteiger partial charge in [0.05, 0.1) is 17.2 Å². The lowest BCUT2D eigenvalue weighted by molar-refractivity contribution is 0.599. The highest BCUT2D eigenvalue weighted by atomic mass is 35.5. The third-order valence-corrected chi connectivity index (χ3v) is 8.92. The summed E-state index contributed by atoms with van der Waals surface area (Å²) in [6.07, 6.45) is 7.10. The molecule has 2 aliphatic carbocycles. The Hall–Kier alpha value is -2.08. The van der Waals surface area contributed by atoms with E-state index in [0.717, 1.165) is 40.1 Å². The standard InChI is InChI=1S/C26H24ClN3S2/c27-17-11-13-18(14-12-17)31-15-23-29-25(24-20-8-4-10-22(20)32-26(24)30-23)28-21-9-3-6-16-5-1-2-7-19(16)21/h1-2,5,7,11-14,21H,3-4,6,8-10,15H2,(H,28,29,30). The molecule has 2 aromatic carbocycles. The highest BCUT2D eigenvalue weighted by Gasteiger charge is 2.25. The molecule has 0 amide bonds. The molecule has 32 heavy (non-hydrogen) atoms. The summed E-state index contributed by atoms with van der Waals surface area (Å²) < 4.78 is 0. The van der Waals surface area contributed by atoms with Gasteiger partial charge in [-0.1, -0.05) is 35.9 Å². The maximum atomic E-state index is 6.04. The first kappa shape index (κ1) is 20.5. The van der Waals surface area contributed by atoms with E-state index in [0.29, 0.717) is 6.04 Å². The van der Waals surface area contributed by atoms with Crippen molar-refractivity contribution in [2.24, 2.45) is 0 Å². The van der Waals surface area contributed by atoms with Gasteiger partial charge in [0.1, 0.15) is 16.5 Å².